The van der Waals surface area contributed by atoms with E-state index >= 15 is 0 Å². The van der Waals surface area contributed by atoms with Crippen molar-refractivity contribution in [3.05, 3.63) is 34.0 Å². The predicted octanol–water partition coefficient (Wildman–Crippen LogP) is 1.46. The Hall–Kier alpha value is -1.20. The third-order valence-corrected chi connectivity index (χ3v) is 3.00. The van der Waals surface area contributed by atoms with Gasteiger partial charge in [-0.3, -0.25) is 4.68 Å². The van der Waals surface area contributed by atoms with Crippen molar-refractivity contribution < 1.29 is 5.11 Å². The van der Waals surface area contributed by atoms with Crippen LogP contribution in [0.2, 0.25) is 0 Å². The van der Waals surface area contributed by atoms with Gasteiger partial charge in [-0.05, 0) is 6.92 Å². The SMILES string of the molecule is Cc1nc(CC(O)c2cnn(C)c2)cs1. The number of hydrogen-bond acceptors (Lipinski definition) is 4. The average molecular weight is 223 g/mol. The molecule has 2 rings (SSSR count). The van der Waals surface area contributed by atoms with Gasteiger partial charge in [0.1, 0.15) is 0 Å². The molecule has 2 heterocycles. The van der Waals surface area contributed by atoms with Gasteiger partial charge in [-0.15, -0.1) is 11.3 Å². The number of thiazole rings is 1. The second-order valence-corrected chi connectivity index (χ2v) is 4.59. The van der Waals surface area contributed by atoms with Gasteiger partial charge < -0.3 is 5.11 Å². The van der Waals surface area contributed by atoms with Crippen molar-refractivity contribution in [1.82, 2.24) is 14.8 Å². The van der Waals surface area contributed by atoms with E-state index in [0.29, 0.717) is 6.42 Å². The summed E-state index contributed by atoms with van der Waals surface area (Å²) in [4.78, 5) is 4.31. The lowest BCUT2D eigenvalue weighted by Crippen LogP contribution is -2.01. The van der Waals surface area contributed by atoms with Gasteiger partial charge in [-0.1, -0.05) is 0 Å². The molecule has 1 unspecified atom stereocenters. The molecule has 0 bridgehead atoms. The topological polar surface area (TPSA) is 50.9 Å². The van der Waals surface area contributed by atoms with Crippen LogP contribution in [0, 0.1) is 6.92 Å². The Morgan fingerprint density at radius 3 is 2.93 bits per heavy atom. The number of aliphatic hydroxyl groups is 1. The summed E-state index contributed by atoms with van der Waals surface area (Å²) in [5, 5.41) is 16.9. The maximum atomic E-state index is 9.91. The minimum absolute atomic E-state index is 0.514. The number of aromatic nitrogens is 3. The van der Waals surface area contributed by atoms with Crippen LogP contribution in [0.4, 0.5) is 0 Å². The molecule has 5 heteroatoms. The summed E-state index contributed by atoms with van der Waals surface area (Å²) in [7, 11) is 1.84. The fraction of sp³-hybridized carbons (Fsp3) is 0.400. The van der Waals surface area contributed by atoms with Crippen LogP contribution >= 0.6 is 11.3 Å². The third-order valence-electron chi connectivity index (χ3n) is 2.18. The molecule has 1 N–H and O–H groups in total. The molecule has 4 nitrogen and oxygen atoms in total. The number of nitrogens with zero attached hydrogens (tertiary/aromatic N) is 3. The smallest absolute Gasteiger partial charge is 0.0897 e. The third kappa shape index (κ3) is 2.43. The van der Waals surface area contributed by atoms with E-state index in [9.17, 15) is 5.11 Å². The second kappa shape index (κ2) is 4.12. The van der Waals surface area contributed by atoms with Crippen molar-refractivity contribution >= 4 is 11.3 Å². The van der Waals surface area contributed by atoms with E-state index in [-0.39, 0.29) is 0 Å². The van der Waals surface area contributed by atoms with Gasteiger partial charge in [0.15, 0.2) is 0 Å². The lowest BCUT2D eigenvalue weighted by atomic mass is 10.1. The zero-order valence-electron chi connectivity index (χ0n) is 8.71. The van der Waals surface area contributed by atoms with Crippen molar-refractivity contribution in [2.75, 3.05) is 0 Å². The monoisotopic (exact) mass is 223 g/mol. The Morgan fingerprint density at radius 1 is 1.60 bits per heavy atom. The van der Waals surface area contributed by atoms with Crippen LogP contribution < -0.4 is 0 Å². The molecule has 0 saturated heterocycles. The summed E-state index contributed by atoms with van der Waals surface area (Å²) in [5.74, 6) is 0. The van der Waals surface area contributed by atoms with E-state index in [1.54, 1.807) is 22.2 Å². The Bertz CT molecular complexity index is 449. The average Bonchev–Trinajstić information content (AvgIpc) is 2.75. The molecular weight excluding hydrogens is 210 g/mol. The van der Waals surface area contributed by atoms with Gasteiger partial charge >= 0.3 is 0 Å². The molecule has 0 fully saturated rings. The molecule has 2 aromatic heterocycles. The molecule has 0 aromatic carbocycles. The molecule has 0 aliphatic carbocycles. The van der Waals surface area contributed by atoms with E-state index in [2.05, 4.69) is 10.1 Å². The van der Waals surface area contributed by atoms with Crippen LogP contribution in [-0.2, 0) is 13.5 Å². The summed E-state index contributed by atoms with van der Waals surface area (Å²) < 4.78 is 1.69. The van der Waals surface area contributed by atoms with Crippen LogP contribution in [0.15, 0.2) is 17.8 Å². The highest BCUT2D eigenvalue weighted by atomic mass is 32.1. The fourth-order valence-corrected chi connectivity index (χ4v) is 2.06. The minimum Gasteiger partial charge on any atom is -0.388 e. The summed E-state index contributed by atoms with van der Waals surface area (Å²) in [5.41, 5.74) is 1.78. The van der Waals surface area contributed by atoms with Crippen LogP contribution in [-0.4, -0.2) is 19.9 Å². The zero-order valence-corrected chi connectivity index (χ0v) is 9.53. The Morgan fingerprint density at radius 2 is 2.40 bits per heavy atom. The Kier molecular flexibility index (Phi) is 2.83. The van der Waals surface area contributed by atoms with Gasteiger partial charge in [0.2, 0.25) is 0 Å². The van der Waals surface area contributed by atoms with Crippen LogP contribution in [0.5, 0.6) is 0 Å². The second-order valence-electron chi connectivity index (χ2n) is 3.53. The largest absolute Gasteiger partial charge is 0.388 e. The summed E-state index contributed by atoms with van der Waals surface area (Å²) >= 11 is 1.60. The van der Waals surface area contributed by atoms with Gasteiger partial charge in [-0.25, -0.2) is 4.98 Å². The highest BCUT2D eigenvalue weighted by Gasteiger charge is 2.11. The molecule has 15 heavy (non-hydrogen) atoms. The molecule has 80 valence electrons. The minimum atomic E-state index is -0.514. The quantitative estimate of drug-likeness (QED) is 0.857. The molecule has 0 amide bonds. The van der Waals surface area contributed by atoms with E-state index in [1.807, 2.05) is 25.5 Å². The first-order chi connectivity index (χ1) is 7.15. The molecule has 0 aliphatic rings. The first-order valence-corrected chi connectivity index (χ1v) is 5.61. The standard InChI is InChI=1S/C10H13N3OS/c1-7-12-9(6-15-7)3-10(14)8-4-11-13(2)5-8/h4-6,10,14H,3H2,1-2H3. The Labute approximate surface area is 92.2 Å². The normalized spacial score (nSPS) is 13.0. The predicted molar refractivity (Wildman–Crippen MR) is 58.7 cm³/mol. The molecule has 2 aromatic rings. The van der Waals surface area contributed by atoms with Gasteiger partial charge in [0.05, 0.1) is 23.0 Å². The van der Waals surface area contributed by atoms with Crippen LogP contribution in [0.3, 0.4) is 0 Å². The van der Waals surface area contributed by atoms with Crippen molar-refractivity contribution in [1.29, 1.82) is 0 Å². The van der Waals surface area contributed by atoms with Gasteiger partial charge in [0.25, 0.3) is 0 Å². The molecule has 0 radical (unpaired) electrons. The van der Waals surface area contributed by atoms with Crippen molar-refractivity contribution in [2.24, 2.45) is 7.05 Å². The number of rotatable bonds is 3. The van der Waals surface area contributed by atoms with E-state index < -0.39 is 6.10 Å². The Balaban J connectivity index is 2.06. The van der Waals surface area contributed by atoms with E-state index in [4.69, 9.17) is 0 Å². The van der Waals surface area contributed by atoms with Crippen molar-refractivity contribution in [3.63, 3.8) is 0 Å². The van der Waals surface area contributed by atoms with E-state index in [1.165, 1.54) is 0 Å². The fourth-order valence-electron chi connectivity index (χ4n) is 1.43. The zero-order chi connectivity index (χ0) is 10.8. The van der Waals surface area contributed by atoms with Gasteiger partial charge in [-0.2, -0.15) is 5.10 Å². The number of aliphatic hydroxyl groups excluding tert-OH is 1. The molecule has 0 saturated carbocycles. The maximum absolute atomic E-state index is 9.91. The van der Waals surface area contributed by atoms with Crippen LogP contribution in [0.1, 0.15) is 22.4 Å². The first-order valence-electron chi connectivity index (χ1n) is 4.73. The number of aryl methyl sites for hydroxylation is 2. The van der Waals surface area contributed by atoms with Crippen LogP contribution in [0.25, 0.3) is 0 Å². The van der Waals surface area contributed by atoms with Gasteiger partial charge in [0, 0.05) is 30.6 Å². The summed E-state index contributed by atoms with van der Waals surface area (Å²) in [6.45, 7) is 1.96. The molecule has 1 atom stereocenters. The highest BCUT2D eigenvalue weighted by Crippen LogP contribution is 2.18. The lowest BCUT2D eigenvalue weighted by Gasteiger charge is -2.05. The van der Waals surface area contributed by atoms with Crippen molar-refractivity contribution in [3.8, 4) is 0 Å². The highest BCUT2D eigenvalue weighted by molar-refractivity contribution is 7.09. The number of hydrogen-bond donors (Lipinski definition) is 1. The van der Waals surface area contributed by atoms with E-state index in [0.717, 1.165) is 16.3 Å². The molecule has 0 spiro atoms. The first kappa shape index (κ1) is 10.3. The maximum Gasteiger partial charge on any atom is 0.0897 e. The van der Waals surface area contributed by atoms with Crippen molar-refractivity contribution in [2.45, 2.75) is 19.4 Å². The summed E-state index contributed by atoms with van der Waals surface area (Å²) in [6, 6.07) is 0. The molecular formula is C10H13N3OS. The molecule has 0 aliphatic heterocycles. The summed E-state index contributed by atoms with van der Waals surface area (Å²) in [6.07, 6.45) is 3.55. The lowest BCUT2D eigenvalue weighted by molar-refractivity contribution is 0.177.